The lowest BCUT2D eigenvalue weighted by Gasteiger charge is -2.12. The molecule has 19 heavy (non-hydrogen) atoms. The van der Waals surface area contributed by atoms with Gasteiger partial charge in [0, 0.05) is 18.0 Å². The van der Waals surface area contributed by atoms with E-state index in [1.807, 2.05) is 19.1 Å². The highest BCUT2D eigenvalue weighted by Gasteiger charge is 2.09. The van der Waals surface area contributed by atoms with Gasteiger partial charge in [-0.1, -0.05) is 11.6 Å². The zero-order valence-corrected chi connectivity index (χ0v) is 11.6. The molecule has 1 heterocycles. The number of hydrogen-bond acceptors (Lipinski definition) is 5. The highest BCUT2D eigenvalue weighted by Crippen LogP contribution is 2.24. The van der Waals surface area contributed by atoms with Crippen LogP contribution in [0, 0.1) is 6.92 Å². The summed E-state index contributed by atoms with van der Waals surface area (Å²) in [6.07, 6.45) is 0.693. The van der Waals surface area contributed by atoms with Gasteiger partial charge in [-0.05, 0) is 37.1 Å². The Balaban J connectivity index is 2.10. The third-order valence-corrected chi connectivity index (χ3v) is 2.72. The molecule has 6 heteroatoms. The molecule has 5 nitrogen and oxygen atoms in total. The molecule has 2 aromatic rings. The Morgan fingerprint density at radius 3 is 2.84 bits per heavy atom. The maximum Gasteiger partial charge on any atom is 0.253 e. The summed E-state index contributed by atoms with van der Waals surface area (Å²) in [5.41, 5.74) is 6.79. The van der Waals surface area contributed by atoms with Crippen LogP contribution in [0.5, 0.6) is 5.75 Å². The third kappa shape index (κ3) is 3.94. The third-order valence-electron chi connectivity index (χ3n) is 2.48. The van der Waals surface area contributed by atoms with Crippen LogP contribution in [-0.4, -0.2) is 16.2 Å². The Hall–Kier alpha value is -1.59. The maximum atomic E-state index is 5.98. The van der Waals surface area contributed by atoms with Gasteiger partial charge in [-0.2, -0.15) is 0 Å². The summed E-state index contributed by atoms with van der Waals surface area (Å²) in [4.78, 5) is 0. The van der Waals surface area contributed by atoms with Crippen molar-refractivity contribution in [1.82, 2.24) is 10.2 Å². The van der Waals surface area contributed by atoms with E-state index in [0.29, 0.717) is 23.2 Å². The van der Waals surface area contributed by atoms with Crippen LogP contribution in [0.2, 0.25) is 5.02 Å². The van der Waals surface area contributed by atoms with Crippen LogP contribution in [0.1, 0.15) is 24.3 Å². The second kappa shape index (κ2) is 6.04. The average Bonchev–Trinajstić information content (AvgIpc) is 2.73. The SMILES string of the molecule is Cc1nnc(COc2ccc(Cl)cc2CC(C)N)o1. The summed E-state index contributed by atoms with van der Waals surface area (Å²) >= 11 is 5.98. The number of aryl methyl sites for hydroxylation is 1. The Morgan fingerprint density at radius 2 is 2.21 bits per heavy atom. The molecule has 0 aliphatic carbocycles. The van der Waals surface area contributed by atoms with Crippen molar-refractivity contribution < 1.29 is 9.15 Å². The minimum absolute atomic E-state index is 0.0338. The van der Waals surface area contributed by atoms with Crippen molar-refractivity contribution in [2.24, 2.45) is 5.73 Å². The Kier molecular flexibility index (Phi) is 4.39. The number of ether oxygens (including phenoxy) is 1. The molecule has 0 saturated carbocycles. The molecule has 0 aliphatic heterocycles. The minimum Gasteiger partial charge on any atom is -0.484 e. The zero-order chi connectivity index (χ0) is 13.8. The predicted molar refractivity (Wildman–Crippen MR) is 72.2 cm³/mol. The average molecular weight is 282 g/mol. The molecule has 0 radical (unpaired) electrons. The monoisotopic (exact) mass is 281 g/mol. The van der Waals surface area contributed by atoms with Crippen LogP contribution < -0.4 is 10.5 Å². The first-order valence-corrected chi connectivity index (χ1v) is 6.38. The molecular formula is C13H16ClN3O2. The van der Waals surface area contributed by atoms with Crippen LogP contribution in [0.25, 0.3) is 0 Å². The van der Waals surface area contributed by atoms with E-state index in [9.17, 15) is 0 Å². The summed E-state index contributed by atoms with van der Waals surface area (Å²) < 4.78 is 10.9. The fraction of sp³-hybridized carbons (Fsp3) is 0.385. The molecule has 0 aliphatic rings. The van der Waals surface area contributed by atoms with Crippen LogP contribution in [0.3, 0.4) is 0 Å². The standard InChI is InChI=1S/C13H16ClN3O2/c1-8(15)5-10-6-11(14)3-4-12(10)18-7-13-17-16-9(2)19-13/h3-4,6,8H,5,7,15H2,1-2H3. The van der Waals surface area contributed by atoms with E-state index in [4.69, 9.17) is 26.5 Å². The number of halogens is 1. The van der Waals surface area contributed by atoms with Crippen LogP contribution in [-0.2, 0) is 13.0 Å². The summed E-state index contributed by atoms with van der Waals surface area (Å²) in [5.74, 6) is 1.70. The fourth-order valence-electron chi connectivity index (χ4n) is 1.73. The molecule has 1 atom stereocenters. The van der Waals surface area contributed by atoms with E-state index in [-0.39, 0.29) is 12.6 Å². The predicted octanol–water partition coefficient (Wildman–Crippen LogP) is 2.50. The molecule has 102 valence electrons. The maximum absolute atomic E-state index is 5.98. The van der Waals surface area contributed by atoms with Gasteiger partial charge in [0.05, 0.1) is 0 Å². The van der Waals surface area contributed by atoms with Gasteiger partial charge in [-0.15, -0.1) is 10.2 Å². The van der Waals surface area contributed by atoms with E-state index in [0.717, 1.165) is 11.3 Å². The number of nitrogens with two attached hydrogens (primary N) is 1. The Labute approximate surface area is 116 Å². The molecule has 0 saturated heterocycles. The van der Waals surface area contributed by atoms with Gasteiger partial charge < -0.3 is 14.9 Å². The van der Waals surface area contributed by atoms with E-state index < -0.39 is 0 Å². The first-order chi connectivity index (χ1) is 9.04. The van der Waals surface area contributed by atoms with Crippen LogP contribution >= 0.6 is 11.6 Å². The van der Waals surface area contributed by atoms with Crippen molar-refractivity contribution >= 4 is 11.6 Å². The molecular weight excluding hydrogens is 266 g/mol. The smallest absolute Gasteiger partial charge is 0.253 e. The largest absolute Gasteiger partial charge is 0.484 e. The highest BCUT2D eigenvalue weighted by molar-refractivity contribution is 6.30. The van der Waals surface area contributed by atoms with E-state index >= 15 is 0 Å². The van der Waals surface area contributed by atoms with Gasteiger partial charge in [0.15, 0.2) is 6.61 Å². The van der Waals surface area contributed by atoms with E-state index in [1.54, 1.807) is 13.0 Å². The van der Waals surface area contributed by atoms with E-state index in [2.05, 4.69) is 10.2 Å². The summed E-state index contributed by atoms with van der Waals surface area (Å²) in [6, 6.07) is 5.50. The molecule has 0 bridgehead atoms. The number of nitrogens with zero attached hydrogens (tertiary/aromatic N) is 2. The lowest BCUT2D eigenvalue weighted by Crippen LogP contribution is -2.18. The first-order valence-electron chi connectivity index (χ1n) is 6.00. The number of hydrogen-bond donors (Lipinski definition) is 1. The zero-order valence-electron chi connectivity index (χ0n) is 10.9. The normalized spacial score (nSPS) is 12.4. The Bertz CT molecular complexity index is 555. The van der Waals surface area contributed by atoms with Gasteiger partial charge >= 0.3 is 0 Å². The van der Waals surface area contributed by atoms with Crippen molar-refractivity contribution in [2.45, 2.75) is 32.9 Å². The summed E-state index contributed by atoms with van der Waals surface area (Å²) in [7, 11) is 0. The number of benzene rings is 1. The first kappa shape index (κ1) is 13.8. The molecule has 1 aromatic heterocycles. The van der Waals surface area contributed by atoms with Crippen molar-refractivity contribution in [1.29, 1.82) is 0 Å². The highest BCUT2D eigenvalue weighted by atomic mass is 35.5. The van der Waals surface area contributed by atoms with Gasteiger partial charge in [-0.3, -0.25) is 0 Å². The van der Waals surface area contributed by atoms with E-state index in [1.165, 1.54) is 0 Å². The second-order valence-electron chi connectivity index (χ2n) is 4.44. The second-order valence-corrected chi connectivity index (χ2v) is 4.87. The fourth-order valence-corrected chi connectivity index (χ4v) is 1.93. The summed E-state index contributed by atoms with van der Waals surface area (Å²) in [6.45, 7) is 3.90. The molecule has 0 amide bonds. The molecule has 2 N–H and O–H groups in total. The van der Waals surface area contributed by atoms with Crippen molar-refractivity contribution in [2.75, 3.05) is 0 Å². The molecule has 1 unspecified atom stereocenters. The van der Waals surface area contributed by atoms with Gasteiger partial charge in [0.2, 0.25) is 5.89 Å². The topological polar surface area (TPSA) is 74.2 Å². The lowest BCUT2D eigenvalue weighted by molar-refractivity contribution is 0.258. The quantitative estimate of drug-likeness (QED) is 0.911. The van der Waals surface area contributed by atoms with Crippen molar-refractivity contribution in [3.8, 4) is 5.75 Å². The molecule has 0 spiro atoms. The molecule has 2 rings (SSSR count). The Morgan fingerprint density at radius 1 is 1.42 bits per heavy atom. The van der Waals surface area contributed by atoms with Gasteiger partial charge in [0.1, 0.15) is 5.75 Å². The number of rotatable bonds is 5. The van der Waals surface area contributed by atoms with Crippen molar-refractivity contribution in [3.63, 3.8) is 0 Å². The van der Waals surface area contributed by atoms with Gasteiger partial charge in [-0.25, -0.2) is 0 Å². The van der Waals surface area contributed by atoms with Crippen molar-refractivity contribution in [3.05, 3.63) is 40.6 Å². The van der Waals surface area contributed by atoms with Gasteiger partial charge in [0.25, 0.3) is 5.89 Å². The van der Waals surface area contributed by atoms with Crippen LogP contribution in [0.4, 0.5) is 0 Å². The molecule has 1 aromatic carbocycles. The van der Waals surface area contributed by atoms with Crippen LogP contribution in [0.15, 0.2) is 22.6 Å². The molecule has 0 fully saturated rings. The lowest BCUT2D eigenvalue weighted by atomic mass is 10.1. The minimum atomic E-state index is 0.0338. The number of aromatic nitrogens is 2. The summed E-state index contributed by atoms with van der Waals surface area (Å²) in [5, 5.41) is 8.29.